The maximum Gasteiger partial charge on any atom is 0.0907 e. The fraction of sp³-hybridized carbons (Fsp3) is 0.438. The average Bonchev–Trinajstić information content (AvgIpc) is 2.66. The average molecular weight is 275 g/mol. The number of hydrogen-bond acceptors (Lipinski definition) is 3. The molecular formula is C16H21NOS. The van der Waals surface area contributed by atoms with Crippen LogP contribution in [-0.4, -0.2) is 18.2 Å². The lowest BCUT2D eigenvalue weighted by Gasteiger charge is -1.91. The zero-order valence-electron chi connectivity index (χ0n) is 11.9. The number of benzene rings is 1. The van der Waals surface area contributed by atoms with Crippen molar-refractivity contribution in [3.63, 3.8) is 0 Å². The van der Waals surface area contributed by atoms with Crippen LogP contribution in [0, 0.1) is 18.8 Å². The zero-order valence-corrected chi connectivity index (χ0v) is 12.7. The van der Waals surface area contributed by atoms with Gasteiger partial charge in [-0.15, -0.1) is 23.2 Å². The molecule has 2 nitrogen and oxygen atoms in total. The van der Waals surface area contributed by atoms with Gasteiger partial charge in [-0.2, -0.15) is 0 Å². The number of aromatic nitrogens is 1. The third-order valence-corrected chi connectivity index (χ3v) is 3.22. The first-order chi connectivity index (χ1) is 9.36. The van der Waals surface area contributed by atoms with Crippen molar-refractivity contribution >= 4 is 21.6 Å². The van der Waals surface area contributed by atoms with Crippen molar-refractivity contribution in [3.8, 4) is 11.8 Å². The Morgan fingerprint density at radius 3 is 2.37 bits per heavy atom. The van der Waals surface area contributed by atoms with Crippen LogP contribution in [0.25, 0.3) is 10.2 Å². The van der Waals surface area contributed by atoms with Gasteiger partial charge in [0.1, 0.15) is 0 Å². The molecule has 3 rings (SSSR count). The molecule has 0 atom stereocenters. The number of ether oxygens (including phenoxy) is 1. The summed E-state index contributed by atoms with van der Waals surface area (Å²) in [4.78, 5) is 4.33. The predicted molar refractivity (Wildman–Crippen MR) is 83.5 cm³/mol. The van der Waals surface area contributed by atoms with Crippen LogP contribution in [0.3, 0.4) is 0 Å². The second-order valence-corrected chi connectivity index (χ2v) is 4.90. The van der Waals surface area contributed by atoms with Crippen LogP contribution in [0.4, 0.5) is 0 Å². The first-order valence-corrected chi connectivity index (χ1v) is 7.53. The number of para-hydroxylation sites is 1. The van der Waals surface area contributed by atoms with E-state index in [9.17, 15) is 0 Å². The van der Waals surface area contributed by atoms with Gasteiger partial charge in [-0.25, -0.2) is 4.98 Å². The van der Waals surface area contributed by atoms with Gasteiger partial charge in [-0.1, -0.05) is 26.0 Å². The van der Waals surface area contributed by atoms with Gasteiger partial charge in [0.25, 0.3) is 0 Å². The van der Waals surface area contributed by atoms with Crippen LogP contribution < -0.4 is 0 Å². The fourth-order valence-corrected chi connectivity index (χ4v) is 2.34. The summed E-state index contributed by atoms with van der Waals surface area (Å²) in [7, 11) is 0. The Labute approximate surface area is 119 Å². The van der Waals surface area contributed by atoms with Crippen molar-refractivity contribution in [2.24, 2.45) is 0 Å². The first kappa shape index (κ1) is 15.7. The minimum absolute atomic E-state index is 0.826. The van der Waals surface area contributed by atoms with Gasteiger partial charge in [0, 0.05) is 12.8 Å². The third-order valence-electron chi connectivity index (χ3n) is 2.27. The Bertz CT molecular complexity index is 493. The smallest absolute Gasteiger partial charge is 0.0907 e. The standard InChI is InChI=1S/C8H7NS.C6H8O.C2H6/c1-6-9-7-4-2-3-5-8(7)10-6;1-2-4-6-7-5-3-1;1-2/h2-5H,1H3;3-6H2;1-2H3. The van der Waals surface area contributed by atoms with Gasteiger partial charge in [-0.05, 0) is 19.1 Å². The summed E-state index contributed by atoms with van der Waals surface area (Å²) in [6.45, 7) is 7.69. The maximum absolute atomic E-state index is 5.07. The quantitative estimate of drug-likeness (QED) is 0.663. The van der Waals surface area contributed by atoms with Gasteiger partial charge < -0.3 is 4.74 Å². The molecular weight excluding hydrogens is 254 g/mol. The third kappa shape index (κ3) is 5.87. The number of hydrogen-bond donors (Lipinski definition) is 0. The van der Waals surface area contributed by atoms with Crippen molar-refractivity contribution in [1.29, 1.82) is 0 Å². The molecule has 19 heavy (non-hydrogen) atoms. The van der Waals surface area contributed by atoms with Crippen LogP contribution >= 0.6 is 11.3 Å². The van der Waals surface area contributed by atoms with Crippen LogP contribution in [0.1, 0.15) is 31.7 Å². The molecule has 0 bridgehead atoms. The topological polar surface area (TPSA) is 22.1 Å². The second kappa shape index (κ2) is 9.55. The monoisotopic (exact) mass is 275 g/mol. The fourth-order valence-electron chi connectivity index (χ4n) is 1.51. The molecule has 1 aromatic heterocycles. The Kier molecular flexibility index (Phi) is 7.88. The molecule has 3 heteroatoms. The highest BCUT2D eigenvalue weighted by Crippen LogP contribution is 2.19. The van der Waals surface area contributed by atoms with E-state index in [4.69, 9.17) is 4.74 Å². The SMILES string of the molecule is C1#CCCOCC1.CC.Cc1nc2ccccc2s1. The lowest BCUT2D eigenvalue weighted by Crippen LogP contribution is -1.90. The van der Waals surface area contributed by atoms with Crippen molar-refractivity contribution < 1.29 is 4.74 Å². The highest BCUT2D eigenvalue weighted by atomic mass is 32.1. The zero-order chi connectivity index (χ0) is 13.9. The van der Waals surface area contributed by atoms with E-state index in [-0.39, 0.29) is 0 Å². The Hall–Kier alpha value is -1.37. The van der Waals surface area contributed by atoms with Crippen molar-refractivity contribution in [2.75, 3.05) is 13.2 Å². The van der Waals surface area contributed by atoms with E-state index in [2.05, 4.69) is 22.9 Å². The minimum atomic E-state index is 0.826. The molecule has 0 fully saturated rings. The van der Waals surface area contributed by atoms with E-state index in [0.717, 1.165) is 36.6 Å². The van der Waals surface area contributed by atoms with Crippen LogP contribution in [-0.2, 0) is 4.74 Å². The molecule has 102 valence electrons. The van der Waals surface area contributed by atoms with Gasteiger partial charge in [0.2, 0.25) is 0 Å². The van der Waals surface area contributed by atoms with Gasteiger partial charge >= 0.3 is 0 Å². The van der Waals surface area contributed by atoms with E-state index < -0.39 is 0 Å². The summed E-state index contributed by atoms with van der Waals surface area (Å²) in [5.74, 6) is 5.94. The number of nitrogens with zero attached hydrogens (tertiary/aromatic N) is 1. The van der Waals surface area contributed by atoms with E-state index in [1.165, 1.54) is 4.70 Å². The lowest BCUT2D eigenvalue weighted by molar-refractivity contribution is 0.148. The lowest BCUT2D eigenvalue weighted by atomic mass is 10.3. The largest absolute Gasteiger partial charge is 0.379 e. The summed E-state index contributed by atoms with van der Waals surface area (Å²) in [6, 6.07) is 8.19. The van der Waals surface area contributed by atoms with Crippen LogP contribution in [0.2, 0.25) is 0 Å². The summed E-state index contributed by atoms with van der Waals surface area (Å²) >= 11 is 1.74. The predicted octanol–water partition coefficient (Wildman–Crippen LogP) is 4.43. The highest BCUT2D eigenvalue weighted by molar-refractivity contribution is 7.18. The number of aryl methyl sites for hydroxylation is 1. The normalized spacial score (nSPS) is 13.0. The van der Waals surface area contributed by atoms with Gasteiger partial charge in [-0.3, -0.25) is 0 Å². The van der Waals surface area contributed by atoms with Crippen molar-refractivity contribution in [1.82, 2.24) is 4.98 Å². The molecule has 1 aliphatic heterocycles. The molecule has 0 spiro atoms. The summed E-state index contributed by atoms with van der Waals surface area (Å²) < 4.78 is 6.35. The van der Waals surface area contributed by atoms with E-state index >= 15 is 0 Å². The molecule has 0 N–H and O–H groups in total. The molecule has 0 unspecified atom stereocenters. The molecule has 0 saturated carbocycles. The molecule has 2 heterocycles. The molecule has 0 aliphatic carbocycles. The molecule has 1 aromatic carbocycles. The van der Waals surface area contributed by atoms with Gasteiger partial charge in [0.15, 0.2) is 0 Å². The molecule has 0 saturated heterocycles. The Morgan fingerprint density at radius 1 is 1.11 bits per heavy atom. The van der Waals surface area contributed by atoms with Gasteiger partial charge in [0.05, 0.1) is 28.4 Å². The molecule has 0 radical (unpaired) electrons. The number of rotatable bonds is 0. The Morgan fingerprint density at radius 2 is 1.74 bits per heavy atom. The number of thiazole rings is 1. The summed E-state index contributed by atoms with van der Waals surface area (Å²) in [5.41, 5.74) is 1.12. The summed E-state index contributed by atoms with van der Waals surface area (Å²) in [6.07, 6.45) is 1.83. The van der Waals surface area contributed by atoms with Crippen molar-refractivity contribution in [3.05, 3.63) is 29.3 Å². The highest BCUT2D eigenvalue weighted by Gasteiger charge is 1.95. The van der Waals surface area contributed by atoms with E-state index in [1.807, 2.05) is 39.0 Å². The minimum Gasteiger partial charge on any atom is -0.379 e. The summed E-state index contributed by atoms with van der Waals surface area (Å²) in [5, 5.41) is 1.14. The van der Waals surface area contributed by atoms with Crippen molar-refractivity contribution in [2.45, 2.75) is 33.6 Å². The second-order valence-electron chi connectivity index (χ2n) is 3.67. The number of fused-ring (bicyclic) bond motifs is 1. The van der Waals surface area contributed by atoms with E-state index in [1.54, 1.807) is 11.3 Å². The van der Waals surface area contributed by atoms with Crippen LogP contribution in [0.15, 0.2) is 24.3 Å². The maximum atomic E-state index is 5.07. The van der Waals surface area contributed by atoms with E-state index in [0.29, 0.717) is 0 Å². The molecule has 1 aliphatic rings. The molecule has 2 aromatic rings. The molecule has 0 amide bonds. The first-order valence-electron chi connectivity index (χ1n) is 6.72. The van der Waals surface area contributed by atoms with Crippen LogP contribution in [0.5, 0.6) is 0 Å². The Balaban J connectivity index is 0.000000177.